The highest BCUT2D eigenvalue weighted by atomic mass is 35.5. The highest BCUT2D eigenvalue weighted by molar-refractivity contribution is 7.90. The van der Waals surface area contributed by atoms with Gasteiger partial charge in [-0.15, -0.1) is 0 Å². The molecule has 1 amide bonds. The van der Waals surface area contributed by atoms with Crippen molar-refractivity contribution in [3.05, 3.63) is 53.0 Å². The first-order valence-corrected chi connectivity index (χ1v) is 11.1. The molecule has 0 radical (unpaired) electrons. The number of amides is 1. The number of pyridine rings is 1. The molecule has 1 aromatic carbocycles. The molecular weight excluding hydrogens is 398 g/mol. The van der Waals surface area contributed by atoms with E-state index in [2.05, 4.69) is 15.3 Å². The number of carbonyl (C=O) groups excluding carboxylic acids is 1. The summed E-state index contributed by atoms with van der Waals surface area (Å²) in [5, 5.41) is 3.99. The summed E-state index contributed by atoms with van der Waals surface area (Å²) in [6, 6.07) is 8.66. The van der Waals surface area contributed by atoms with Gasteiger partial charge in [-0.3, -0.25) is 4.79 Å². The maximum atomic E-state index is 12.2. The van der Waals surface area contributed by atoms with E-state index in [-0.39, 0.29) is 5.91 Å². The minimum absolute atomic E-state index is 0.166. The van der Waals surface area contributed by atoms with Crippen LogP contribution in [0.2, 0.25) is 5.02 Å². The van der Waals surface area contributed by atoms with Crippen molar-refractivity contribution in [2.24, 2.45) is 5.92 Å². The normalized spacial score (nSPS) is 20.0. The van der Waals surface area contributed by atoms with E-state index in [0.29, 0.717) is 34.0 Å². The van der Waals surface area contributed by atoms with Crippen LogP contribution in [0.4, 0.5) is 0 Å². The average molecular weight is 418 g/mol. The molecule has 1 saturated carbocycles. The quantitative estimate of drug-likeness (QED) is 0.613. The lowest BCUT2D eigenvalue weighted by Crippen LogP contribution is -2.30. The Morgan fingerprint density at radius 1 is 1.36 bits per heavy atom. The van der Waals surface area contributed by atoms with Crippen LogP contribution in [0.5, 0.6) is 0 Å². The number of halogens is 1. The predicted molar refractivity (Wildman–Crippen MR) is 108 cm³/mol. The fourth-order valence-electron chi connectivity index (χ4n) is 3.47. The van der Waals surface area contributed by atoms with Crippen LogP contribution in [0.3, 0.4) is 0 Å². The van der Waals surface area contributed by atoms with E-state index in [1.807, 2.05) is 12.1 Å². The molecule has 8 heteroatoms. The topological polar surface area (TPSA) is 91.1 Å². The number of fused-ring (bicyclic) bond motifs is 1. The van der Waals surface area contributed by atoms with Gasteiger partial charge in [0, 0.05) is 46.5 Å². The minimum Gasteiger partial charge on any atom is -0.610 e. The number of benzene rings is 1. The summed E-state index contributed by atoms with van der Waals surface area (Å²) in [5.41, 5.74) is 2.04. The van der Waals surface area contributed by atoms with E-state index in [0.717, 1.165) is 36.3 Å². The van der Waals surface area contributed by atoms with Gasteiger partial charge in [0.05, 0.1) is 0 Å². The minimum atomic E-state index is -1.20. The first kappa shape index (κ1) is 19.2. The molecule has 1 aliphatic rings. The van der Waals surface area contributed by atoms with Gasteiger partial charge in [-0.2, -0.15) is 0 Å². The van der Waals surface area contributed by atoms with Gasteiger partial charge < -0.3 is 14.3 Å². The molecule has 1 N–H and O–H groups in total. The van der Waals surface area contributed by atoms with Crippen molar-refractivity contribution < 1.29 is 13.8 Å². The Morgan fingerprint density at radius 3 is 2.96 bits per heavy atom. The summed E-state index contributed by atoms with van der Waals surface area (Å²) in [7, 11) is 0. The molecule has 0 saturated heterocycles. The van der Waals surface area contributed by atoms with Gasteiger partial charge in [0.1, 0.15) is 11.8 Å². The largest absolute Gasteiger partial charge is 0.610 e. The molecule has 0 spiro atoms. The second-order valence-electron chi connectivity index (χ2n) is 7.08. The Hall–Kier alpha value is -2.09. The van der Waals surface area contributed by atoms with Gasteiger partial charge in [0.25, 0.3) is 5.91 Å². The lowest BCUT2D eigenvalue weighted by Gasteiger charge is -2.33. The average Bonchev–Trinajstić information content (AvgIpc) is 3.05. The Bertz CT molecular complexity index is 1000. The van der Waals surface area contributed by atoms with Crippen LogP contribution in [0.1, 0.15) is 41.4 Å². The van der Waals surface area contributed by atoms with E-state index in [1.54, 1.807) is 24.5 Å². The Balaban J connectivity index is 1.25. The van der Waals surface area contributed by atoms with Crippen molar-refractivity contribution in [2.45, 2.75) is 30.2 Å². The van der Waals surface area contributed by atoms with Gasteiger partial charge in [0.15, 0.2) is 11.5 Å². The van der Waals surface area contributed by atoms with E-state index in [1.165, 1.54) is 6.20 Å². The molecule has 6 nitrogen and oxygen atoms in total. The summed E-state index contributed by atoms with van der Waals surface area (Å²) < 4.78 is 17.3. The fourth-order valence-corrected chi connectivity index (χ4v) is 4.13. The zero-order valence-electron chi connectivity index (χ0n) is 15.4. The standard InChI is InChI=1S/C20H20ClN3O3S/c1-28(26)18-10-13(5-7-22-18)19(25)23-6-4-12-8-14(9-12)20-24-16-11-15(21)2-3-17(16)27-20/h2-3,5,7,10-12,14H,4,6,8-9H2,1H3,(H,23,25). The molecule has 146 valence electrons. The Labute approximate surface area is 170 Å². The molecule has 1 fully saturated rings. The predicted octanol–water partition coefficient (Wildman–Crippen LogP) is 3.93. The van der Waals surface area contributed by atoms with Crippen LogP contribution in [-0.2, 0) is 11.2 Å². The van der Waals surface area contributed by atoms with Crippen LogP contribution in [0.15, 0.2) is 46.0 Å². The number of rotatable bonds is 6. The fraction of sp³-hybridized carbons (Fsp3) is 0.350. The van der Waals surface area contributed by atoms with Crippen molar-refractivity contribution >= 4 is 39.8 Å². The maximum Gasteiger partial charge on any atom is 0.251 e. The Kier molecular flexibility index (Phi) is 5.57. The Morgan fingerprint density at radius 2 is 2.18 bits per heavy atom. The van der Waals surface area contributed by atoms with Crippen molar-refractivity contribution in [3.8, 4) is 0 Å². The van der Waals surface area contributed by atoms with Crippen LogP contribution >= 0.6 is 11.6 Å². The van der Waals surface area contributed by atoms with Gasteiger partial charge in [0.2, 0.25) is 5.03 Å². The number of oxazole rings is 1. The smallest absolute Gasteiger partial charge is 0.251 e. The van der Waals surface area contributed by atoms with Crippen LogP contribution < -0.4 is 5.32 Å². The number of nitrogens with one attached hydrogen (secondary N) is 1. The summed E-state index contributed by atoms with van der Waals surface area (Å²) >= 11 is 4.79. The SMILES string of the molecule is C[S+]([O-])c1cc(C(=O)NCCC2CC(c3nc4cc(Cl)ccc4o3)C2)ccn1. The molecule has 2 heterocycles. The summed E-state index contributed by atoms with van der Waals surface area (Å²) in [6.07, 6.45) is 5.97. The highest BCUT2D eigenvalue weighted by Gasteiger charge is 2.33. The van der Waals surface area contributed by atoms with Crippen molar-refractivity contribution in [3.63, 3.8) is 0 Å². The van der Waals surface area contributed by atoms with Gasteiger partial charge in [-0.1, -0.05) is 11.6 Å². The molecule has 28 heavy (non-hydrogen) atoms. The van der Waals surface area contributed by atoms with Gasteiger partial charge >= 0.3 is 0 Å². The number of aromatic nitrogens is 2. The zero-order valence-corrected chi connectivity index (χ0v) is 16.9. The molecule has 3 aromatic rings. The molecule has 1 atom stereocenters. The third-order valence-electron chi connectivity index (χ3n) is 5.08. The van der Waals surface area contributed by atoms with Crippen LogP contribution in [-0.4, -0.2) is 33.2 Å². The zero-order chi connectivity index (χ0) is 19.7. The number of hydrogen-bond donors (Lipinski definition) is 1. The number of carbonyl (C=O) groups is 1. The second kappa shape index (κ2) is 8.11. The molecule has 1 aliphatic carbocycles. The van der Waals surface area contributed by atoms with Crippen LogP contribution in [0, 0.1) is 5.92 Å². The lowest BCUT2D eigenvalue weighted by atomic mass is 9.73. The van der Waals surface area contributed by atoms with E-state index in [9.17, 15) is 9.35 Å². The molecule has 0 aliphatic heterocycles. The van der Waals surface area contributed by atoms with E-state index >= 15 is 0 Å². The van der Waals surface area contributed by atoms with Crippen molar-refractivity contribution in [1.82, 2.24) is 15.3 Å². The van der Waals surface area contributed by atoms with Crippen LogP contribution in [0.25, 0.3) is 11.1 Å². The molecular formula is C20H20ClN3O3S. The molecule has 0 bridgehead atoms. The third kappa shape index (κ3) is 4.16. The number of hydrogen-bond acceptors (Lipinski definition) is 5. The van der Waals surface area contributed by atoms with E-state index < -0.39 is 11.2 Å². The molecule has 1 unspecified atom stereocenters. The van der Waals surface area contributed by atoms with Crippen molar-refractivity contribution in [2.75, 3.05) is 12.8 Å². The summed E-state index contributed by atoms with van der Waals surface area (Å²) in [4.78, 5) is 20.8. The summed E-state index contributed by atoms with van der Waals surface area (Å²) in [5.74, 6) is 1.48. The lowest BCUT2D eigenvalue weighted by molar-refractivity contribution is 0.0946. The number of nitrogens with zero attached hydrogens (tertiary/aromatic N) is 2. The van der Waals surface area contributed by atoms with E-state index in [4.69, 9.17) is 16.0 Å². The third-order valence-corrected chi connectivity index (χ3v) is 6.13. The van der Waals surface area contributed by atoms with Crippen molar-refractivity contribution in [1.29, 1.82) is 0 Å². The molecule has 2 aromatic heterocycles. The first-order valence-electron chi connectivity index (χ1n) is 9.13. The van der Waals surface area contributed by atoms with Gasteiger partial charge in [-0.05, 0) is 49.4 Å². The second-order valence-corrected chi connectivity index (χ2v) is 8.84. The highest BCUT2D eigenvalue weighted by Crippen LogP contribution is 2.43. The van der Waals surface area contributed by atoms with Gasteiger partial charge in [-0.25, -0.2) is 9.97 Å². The summed E-state index contributed by atoms with van der Waals surface area (Å²) in [6.45, 7) is 0.603. The maximum absolute atomic E-state index is 12.2. The molecule has 4 rings (SSSR count). The first-order chi connectivity index (χ1) is 13.5. The monoisotopic (exact) mass is 417 g/mol.